The van der Waals surface area contributed by atoms with Crippen LogP contribution < -0.4 is 5.73 Å². The van der Waals surface area contributed by atoms with Crippen LogP contribution in [0.1, 0.15) is 11.6 Å². The van der Waals surface area contributed by atoms with Crippen LogP contribution in [0.15, 0.2) is 18.5 Å². The number of fused-ring (bicyclic) bond motifs is 1. The van der Waals surface area contributed by atoms with Gasteiger partial charge >= 0.3 is 5.97 Å². The van der Waals surface area contributed by atoms with E-state index in [2.05, 4.69) is 4.98 Å². The van der Waals surface area contributed by atoms with Gasteiger partial charge in [0.1, 0.15) is 6.04 Å². The average molecular weight is 240 g/mol. The van der Waals surface area contributed by atoms with Gasteiger partial charge in [-0.3, -0.25) is 4.79 Å². The summed E-state index contributed by atoms with van der Waals surface area (Å²) < 4.78 is 1.80. The lowest BCUT2D eigenvalue weighted by molar-refractivity contribution is -0.138. The molecule has 0 aliphatic heterocycles. The fraction of sp³-hybridized carbons (Fsp3) is 0.200. The third kappa shape index (κ3) is 1.64. The summed E-state index contributed by atoms with van der Waals surface area (Å²) in [4.78, 5) is 14.9. The summed E-state index contributed by atoms with van der Waals surface area (Å²) in [5.41, 5.74) is 7.41. The minimum atomic E-state index is -1.13. The Morgan fingerprint density at radius 3 is 2.94 bits per heavy atom. The molecule has 1 atom stereocenters. The molecule has 6 heteroatoms. The minimum Gasteiger partial charge on any atom is -0.480 e. The smallest absolute Gasteiger partial charge is 0.325 e. The highest BCUT2D eigenvalue weighted by molar-refractivity contribution is 6.32. The summed E-state index contributed by atoms with van der Waals surface area (Å²) in [6, 6.07) is 2.15. The van der Waals surface area contributed by atoms with E-state index in [1.807, 2.05) is 7.05 Å². The number of hydrogen-bond donors (Lipinski definition) is 2. The normalized spacial score (nSPS) is 12.9. The number of benzene rings is 1. The van der Waals surface area contributed by atoms with Gasteiger partial charge in [0.2, 0.25) is 0 Å². The number of aliphatic carboxylic acids is 1. The van der Waals surface area contributed by atoms with Crippen molar-refractivity contribution in [1.82, 2.24) is 9.55 Å². The highest BCUT2D eigenvalue weighted by atomic mass is 35.5. The molecule has 2 aromatic rings. The van der Waals surface area contributed by atoms with E-state index in [-0.39, 0.29) is 0 Å². The Morgan fingerprint density at radius 1 is 1.62 bits per heavy atom. The average Bonchev–Trinajstić information content (AvgIpc) is 2.58. The van der Waals surface area contributed by atoms with Crippen LogP contribution in [-0.4, -0.2) is 20.6 Å². The molecule has 1 aromatic heterocycles. The largest absolute Gasteiger partial charge is 0.480 e. The fourth-order valence-electron chi connectivity index (χ4n) is 1.54. The van der Waals surface area contributed by atoms with E-state index in [9.17, 15) is 4.79 Å². The van der Waals surface area contributed by atoms with Gasteiger partial charge < -0.3 is 15.4 Å². The van der Waals surface area contributed by atoms with E-state index in [0.717, 1.165) is 5.52 Å². The Bertz CT molecular complexity index is 564. The SMILES string of the molecule is Cn1cnc2cc(C(N)C(=O)O)c(Cl)cc21. The molecule has 0 fully saturated rings. The number of hydrogen-bond acceptors (Lipinski definition) is 3. The van der Waals surface area contributed by atoms with Crippen LogP contribution in [0.5, 0.6) is 0 Å². The van der Waals surface area contributed by atoms with Crippen molar-refractivity contribution in [2.45, 2.75) is 6.04 Å². The van der Waals surface area contributed by atoms with Crippen molar-refractivity contribution in [2.24, 2.45) is 12.8 Å². The van der Waals surface area contributed by atoms with Crippen LogP contribution in [0.25, 0.3) is 11.0 Å². The monoisotopic (exact) mass is 239 g/mol. The maximum absolute atomic E-state index is 10.8. The molecule has 16 heavy (non-hydrogen) atoms. The predicted octanol–water partition coefficient (Wildman–Crippen LogP) is 1.31. The van der Waals surface area contributed by atoms with Crippen LogP contribution in [0.2, 0.25) is 5.02 Å². The number of aromatic nitrogens is 2. The second kappa shape index (κ2) is 3.77. The van der Waals surface area contributed by atoms with Gasteiger partial charge in [-0.1, -0.05) is 11.6 Å². The molecule has 1 aromatic carbocycles. The van der Waals surface area contributed by atoms with Crippen molar-refractivity contribution in [3.05, 3.63) is 29.0 Å². The zero-order chi connectivity index (χ0) is 11.9. The van der Waals surface area contributed by atoms with Crippen molar-refractivity contribution in [3.8, 4) is 0 Å². The molecular formula is C10H10ClN3O2. The number of halogens is 1. The molecule has 0 saturated carbocycles. The number of nitrogens with zero attached hydrogens (tertiary/aromatic N) is 2. The van der Waals surface area contributed by atoms with Gasteiger partial charge in [-0.2, -0.15) is 0 Å². The molecule has 0 aliphatic carbocycles. The first-order valence-electron chi connectivity index (χ1n) is 4.59. The second-order valence-electron chi connectivity index (χ2n) is 3.53. The molecule has 0 aliphatic rings. The first kappa shape index (κ1) is 10.9. The van der Waals surface area contributed by atoms with E-state index in [1.54, 1.807) is 23.0 Å². The summed E-state index contributed by atoms with van der Waals surface area (Å²) in [5.74, 6) is -1.11. The first-order chi connectivity index (χ1) is 7.50. The van der Waals surface area contributed by atoms with Crippen LogP contribution >= 0.6 is 11.6 Å². The molecule has 0 amide bonds. The molecule has 84 valence electrons. The van der Waals surface area contributed by atoms with Gasteiger partial charge in [0, 0.05) is 17.6 Å². The molecule has 0 spiro atoms. The maximum Gasteiger partial charge on any atom is 0.325 e. The Balaban J connectivity index is 2.63. The molecule has 0 bridgehead atoms. The number of carboxylic acid groups (broad SMARTS) is 1. The lowest BCUT2D eigenvalue weighted by Crippen LogP contribution is -2.21. The van der Waals surface area contributed by atoms with Crippen molar-refractivity contribution in [1.29, 1.82) is 0 Å². The lowest BCUT2D eigenvalue weighted by Gasteiger charge is -2.09. The van der Waals surface area contributed by atoms with E-state index in [1.165, 1.54) is 0 Å². The Morgan fingerprint density at radius 2 is 2.31 bits per heavy atom. The molecule has 3 N–H and O–H groups in total. The van der Waals surface area contributed by atoms with Crippen LogP contribution in [0, 0.1) is 0 Å². The Labute approximate surface area is 96.4 Å². The molecule has 1 heterocycles. The molecule has 0 radical (unpaired) electrons. The van der Waals surface area contributed by atoms with E-state index in [4.69, 9.17) is 22.4 Å². The fourth-order valence-corrected chi connectivity index (χ4v) is 1.81. The zero-order valence-electron chi connectivity index (χ0n) is 8.51. The summed E-state index contributed by atoms with van der Waals surface area (Å²) in [6.45, 7) is 0. The topological polar surface area (TPSA) is 81.1 Å². The molecule has 2 rings (SSSR count). The third-order valence-corrected chi connectivity index (χ3v) is 2.77. The first-order valence-corrected chi connectivity index (χ1v) is 4.97. The van der Waals surface area contributed by atoms with E-state index < -0.39 is 12.0 Å². The second-order valence-corrected chi connectivity index (χ2v) is 3.94. The van der Waals surface area contributed by atoms with Crippen molar-refractivity contribution >= 4 is 28.6 Å². The van der Waals surface area contributed by atoms with Crippen molar-refractivity contribution < 1.29 is 9.90 Å². The number of carboxylic acids is 1. The van der Waals surface area contributed by atoms with Gasteiger partial charge in [-0.05, 0) is 12.1 Å². The quantitative estimate of drug-likeness (QED) is 0.828. The molecule has 5 nitrogen and oxygen atoms in total. The Kier molecular flexibility index (Phi) is 2.57. The number of rotatable bonds is 2. The lowest BCUT2D eigenvalue weighted by atomic mass is 10.1. The van der Waals surface area contributed by atoms with Gasteiger partial charge in [0.05, 0.1) is 17.4 Å². The Hall–Kier alpha value is -1.59. The highest BCUT2D eigenvalue weighted by Gasteiger charge is 2.18. The summed E-state index contributed by atoms with van der Waals surface area (Å²) >= 11 is 5.99. The molecular weight excluding hydrogens is 230 g/mol. The molecule has 1 unspecified atom stereocenters. The van der Waals surface area contributed by atoms with Crippen molar-refractivity contribution in [3.63, 3.8) is 0 Å². The number of aryl methyl sites for hydroxylation is 1. The van der Waals surface area contributed by atoms with E-state index in [0.29, 0.717) is 16.1 Å². The number of carbonyl (C=O) groups is 1. The van der Waals surface area contributed by atoms with Gasteiger partial charge in [0.15, 0.2) is 0 Å². The number of nitrogens with two attached hydrogens (primary N) is 1. The molecule has 0 saturated heterocycles. The van der Waals surface area contributed by atoms with Gasteiger partial charge in [-0.15, -0.1) is 0 Å². The van der Waals surface area contributed by atoms with Crippen molar-refractivity contribution in [2.75, 3.05) is 0 Å². The van der Waals surface area contributed by atoms with Crippen LogP contribution in [0.3, 0.4) is 0 Å². The third-order valence-electron chi connectivity index (χ3n) is 2.44. The summed E-state index contributed by atoms with van der Waals surface area (Å²) in [7, 11) is 1.84. The van der Waals surface area contributed by atoms with Crippen LogP contribution in [0.4, 0.5) is 0 Å². The summed E-state index contributed by atoms with van der Waals surface area (Å²) in [6.07, 6.45) is 1.64. The number of imidazole rings is 1. The van der Waals surface area contributed by atoms with Crippen LogP contribution in [-0.2, 0) is 11.8 Å². The van der Waals surface area contributed by atoms with Gasteiger partial charge in [-0.25, -0.2) is 4.98 Å². The maximum atomic E-state index is 10.8. The standard InChI is InChI=1S/C10H10ClN3O2/c1-14-4-13-7-2-5(9(12)10(15)16)6(11)3-8(7)14/h2-4,9H,12H2,1H3,(H,15,16). The van der Waals surface area contributed by atoms with Gasteiger partial charge in [0.25, 0.3) is 0 Å². The highest BCUT2D eigenvalue weighted by Crippen LogP contribution is 2.26. The zero-order valence-corrected chi connectivity index (χ0v) is 9.27. The summed E-state index contributed by atoms with van der Waals surface area (Å²) in [5, 5.41) is 9.17. The minimum absolute atomic E-state index is 0.339. The predicted molar refractivity (Wildman–Crippen MR) is 60.3 cm³/mol. The van der Waals surface area contributed by atoms with E-state index >= 15 is 0 Å².